The lowest BCUT2D eigenvalue weighted by Crippen LogP contribution is -1.96. The summed E-state index contributed by atoms with van der Waals surface area (Å²) >= 11 is 0. The van der Waals surface area contributed by atoms with Crippen molar-refractivity contribution in [1.82, 2.24) is 4.98 Å². The summed E-state index contributed by atoms with van der Waals surface area (Å²) in [7, 11) is 0. The Morgan fingerprint density at radius 3 is 2.26 bits per heavy atom. The Hall–Kier alpha value is -2.82. The number of aromatic nitrogens is 1. The van der Waals surface area contributed by atoms with Gasteiger partial charge in [-0.05, 0) is 55.5 Å². The molecule has 3 rings (SSSR count). The molecule has 2 aromatic carbocycles. The first-order valence-corrected chi connectivity index (χ1v) is 7.31. The summed E-state index contributed by atoms with van der Waals surface area (Å²) < 4.78 is 29.5. The van der Waals surface area contributed by atoms with E-state index in [9.17, 15) is 4.39 Å². The van der Waals surface area contributed by atoms with Gasteiger partial charge in [0.1, 0.15) is 17.3 Å². The maximum atomic E-state index is 12.9. The number of oxazole rings is 1. The molecule has 0 bridgehead atoms. The summed E-state index contributed by atoms with van der Waals surface area (Å²) in [6.07, 6.45) is 1.60. The molecule has 1 heterocycles. The predicted molar refractivity (Wildman–Crippen MR) is 83.8 cm³/mol. The third-order valence-corrected chi connectivity index (χ3v) is 3.18. The molecule has 0 aliphatic rings. The molecule has 0 aliphatic carbocycles. The van der Waals surface area contributed by atoms with Crippen LogP contribution in [0.3, 0.4) is 0 Å². The standard InChI is InChI=1S/C18H16FNO3/c1-2-21-15-7-9-16(10-8-15)22-12-18-20-11-17(23-18)13-3-5-14(19)6-4-13/h3-11H,2,12H2,1H3. The second-order valence-corrected chi connectivity index (χ2v) is 4.82. The van der Waals surface area contributed by atoms with Gasteiger partial charge in [-0.15, -0.1) is 0 Å². The van der Waals surface area contributed by atoms with Gasteiger partial charge >= 0.3 is 0 Å². The molecule has 4 nitrogen and oxygen atoms in total. The van der Waals surface area contributed by atoms with Crippen LogP contribution in [0.5, 0.6) is 11.5 Å². The molecule has 0 radical (unpaired) electrons. The van der Waals surface area contributed by atoms with Crippen LogP contribution in [-0.4, -0.2) is 11.6 Å². The summed E-state index contributed by atoms with van der Waals surface area (Å²) in [6.45, 7) is 2.78. The van der Waals surface area contributed by atoms with Gasteiger partial charge in [-0.3, -0.25) is 0 Å². The van der Waals surface area contributed by atoms with Crippen LogP contribution < -0.4 is 9.47 Å². The largest absolute Gasteiger partial charge is 0.494 e. The number of halogens is 1. The van der Waals surface area contributed by atoms with Crippen molar-refractivity contribution in [3.63, 3.8) is 0 Å². The molecule has 0 saturated heterocycles. The van der Waals surface area contributed by atoms with E-state index >= 15 is 0 Å². The fraction of sp³-hybridized carbons (Fsp3) is 0.167. The second-order valence-electron chi connectivity index (χ2n) is 4.82. The van der Waals surface area contributed by atoms with E-state index in [0.717, 1.165) is 11.3 Å². The van der Waals surface area contributed by atoms with E-state index in [0.29, 0.717) is 24.0 Å². The number of rotatable bonds is 6. The van der Waals surface area contributed by atoms with Crippen molar-refractivity contribution in [2.45, 2.75) is 13.5 Å². The van der Waals surface area contributed by atoms with E-state index in [1.54, 1.807) is 18.3 Å². The van der Waals surface area contributed by atoms with Crippen LogP contribution in [0.15, 0.2) is 59.1 Å². The normalized spacial score (nSPS) is 10.5. The molecule has 3 aromatic rings. The van der Waals surface area contributed by atoms with E-state index in [1.165, 1.54) is 12.1 Å². The molecule has 118 valence electrons. The van der Waals surface area contributed by atoms with Crippen LogP contribution in [0, 0.1) is 5.82 Å². The molecular weight excluding hydrogens is 297 g/mol. The molecule has 0 fully saturated rings. The minimum atomic E-state index is -0.285. The van der Waals surface area contributed by atoms with Gasteiger partial charge in [0.25, 0.3) is 0 Å². The Bertz CT molecular complexity index is 751. The Balaban J connectivity index is 1.61. The Labute approximate surface area is 133 Å². The monoisotopic (exact) mass is 313 g/mol. The lowest BCUT2D eigenvalue weighted by molar-refractivity contribution is 0.264. The van der Waals surface area contributed by atoms with Crippen LogP contribution in [-0.2, 0) is 6.61 Å². The number of hydrogen-bond donors (Lipinski definition) is 0. The SMILES string of the molecule is CCOc1ccc(OCc2ncc(-c3ccc(F)cc3)o2)cc1. The van der Waals surface area contributed by atoms with Gasteiger partial charge in [-0.25, -0.2) is 9.37 Å². The highest BCUT2D eigenvalue weighted by molar-refractivity contribution is 5.55. The van der Waals surface area contributed by atoms with Gasteiger partial charge in [-0.2, -0.15) is 0 Å². The summed E-state index contributed by atoms with van der Waals surface area (Å²) in [6, 6.07) is 13.4. The number of ether oxygens (including phenoxy) is 2. The summed E-state index contributed by atoms with van der Waals surface area (Å²) in [5.74, 6) is 2.25. The number of nitrogens with zero attached hydrogens (tertiary/aromatic N) is 1. The van der Waals surface area contributed by atoms with Gasteiger partial charge < -0.3 is 13.9 Å². The maximum Gasteiger partial charge on any atom is 0.232 e. The lowest BCUT2D eigenvalue weighted by Gasteiger charge is -2.06. The predicted octanol–water partition coefficient (Wildman–Crippen LogP) is 4.46. The van der Waals surface area contributed by atoms with Gasteiger partial charge in [-0.1, -0.05) is 0 Å². The molecule has 0 saturated carbocycles. The molecule has 0 amide bonds. The highest BCUT2D eigenvalue weighted by Crippen LogP contribution is 2.22. The fourth-order valence-electron chi connectivity index (χ4n) is 2.07. The van der Waals surface area contributed by atoms with E-state index in [4.69, 9.17) is 13.9 Å². The first kappa shape index (κ1) is 15.1. The molecular formula is C18H16FNO3. The zero-order valence-electron chi connectivity index (χ0n) is 12.7. The first-order chi connectivity index (χ1) is 11.2. The molecule has 0 unspecified atom stereocenters. The van der Waals surface area contributed by atoms with Crippen molar-refractivity contribution < 1.29 is 18.3 Å². The van der Waals surface area contributed by atoms with Crippen molar-refractivity contribution in [2.24, 2.45) is 0 Å². The molecule has 0 aliphatic heterocycles. The second kappa shape index (κ2) is 6.96. The Morgan fingerprint density at radius 2 is 1.61 bits per heavy atom. The average molecular weight is 313 g/mol. The highest BCUT2D eigenvalue weighted by atomic mass is 19.1. The van der Waals surface area contributed by atoms with Gasteiger partial charge in [0.05, 0.1) is 12.8 Å². The van der Waals surface area contributed by atoms with Crippen molar-refractivity contribution in [1.29, 1.82) is 0 Å². The van der Waals surface area contributed by atoms with E-state index in [2.05, 4.69) is 4.98 Å². The summed E-state index contributed by atoms with van der Waals surface area (Å²) in [5, 5.41) is 0. The smallest absolute Gasteiger partial charge is 0.232 e. The van der Waals surface area contributed by atoms with Crippen LogP contribution in [0.2, 0.25) is 0 Å². The molecule has 23 heavy (non-hydrogen) atoms. The Morgan fingerprint density at radius 1 is 0.957 bits per heavy atom. The maximum absolute atomic E-state index is 12.9. The number of benzene rings is 2. The zero-order chi connectivity index (χ0) is 16.1. The molecule has 0 N–H and O–H groups in total. The van der Waals surface area contributed by atoms with E-state index in [1.807, 2.05) is 31.2 Å². The van der Waals surface area contributed by atoms with Crippen molar-refractivity contribution in [3.8, 4) is 22.8 Å². The van der Waals surface area contributed by atoms with E-state index < -0.39 is 0 Å². The van der Waals surface area contributed by atoms with Crippen molar-refractivity contribution >= 4 is 0 Å². The third-order valence-electron chi connectivity index (χ3n) is 3.18. The van der Waals surface area contributed by atoms with Crippen LogP contribution >= 0.6 is 0 Å². The van der Waals surface area contributed by atoms with Crippen LogP contribution in [0.4, 0.5) is 4.39 Å². The van der Waals surface area contributed by atoms with Crippen molar-refractivity contribution in [2.75, 3.05) is 6.61 Å². The minimum Gasteiger partial charge on any atom is -0.494 e. The third kappa shape index (κ3) is 3.88. The van der Waals surface area contributed by atoms with Crippen LogP contribution in [0.1, 0.15) is 12.8 Å². The molecule has 5 heteroatoms. The molecule has 0 spiro atoms. The fourth-order valence-corrected chi connectivity index (χ4v) is 2.07. The zero-order valence-corrected chi connectivity index (χ0v) is 12.7. The summed E-state index contributed by atoms with van der Waals surface area (Å²) in [5.41, 5.74) is 0.770. The van der Waals surface area contributed by atoms with Crippen LogP contribution in [0.25, 0.3) is 11.3 Å². The topological polar surface area (TPSA) is 44.5 Å². The van der Waals surface area contributed by atoms with Gasteiger partial charge in [0.2, 0.25) is 5.89 Å². The summed E-state index contributed by atoms with van der Waals surface area (Å²) in [4.78, 5) is 4.17. The van der Waals surface area contributed by atoms with Gasteiger partial charge in [0, 0.05) is 5.56 Å². The van der Waals surface area contributed by atoms with E-state index in [-0.39, 0.29) is 12.4 Å². The minimum absolute atomic E-state index is 0.217. The molecule has 0 atom stereocenters. The van der Waals surface area contributed by atoms with Gasteiger partial charge in [0.15, 0.2) is 12.4 Å². The number of hydrogen-bond acceptors (Lipinski definition) is 4. The Kier molecular flexibility index (Phi) is 4.57. The average Bonchev–Trinajstić information content (AvgIpc) is 3.04. The first-order valence-electron chi connectivity index (χ1n) is 7.31. The lowest BCUT2D eigenvalue weighted by atomic mass is 10.2. The van der Waals surface area contributed by atoms with Crippen molar-refractivity contribution in [3.05, 3.63) is 66.4 Å². The highest BCUT2D eigenvalue weighted by Gasteiger charge is 2.07. The molecule has 1 aromatic heterocycles. The quantitative estimate of drug-likeness (QED) is 0.674.